The van der Waals surface area contributed by atoms with E-state index in [0.717, 1.165) is 44.7 Å². The second-order valence-electron chi connectivity index (χ2n) is 7.48. The summed E-state index contributed by atoms with van der Waals surface area (Å²) in [5.41, 5.74) is 1.07. The number of carbonyl (C=O) groups is 2. The summed E-state index contributed by atoms with van der Waals surface area (Å²) in [6.45, 7) is 6.89. The lowest BCUT2D eigenvalue weighted by Gasteiger charge is -2.34. The second kappa shape index (κ2) is 8.08. The standard InChI is InChI=1S/C20H30N4O2/c1-3-4-11-21-18(25)20(9-10-20)19(26)22-16-5-7-17(8-6-16)24-14-12-23(2)13-15-24/h5-8H,3-4,9-15H2,1-2H3,(H,21,25)(H,22,26). The Kier molecular flexibility index (Phi) is 5.81. The van der Waals surface area contributed by atoms with Gasteiger partial charge in [-0.2, -0.15) is 0 Å². The molecule has 1 aliphatic heterocycles. The van der Waals surface area contributed by atoms with Crippen LogP contribution in [0.15, 0.2) is 24.3 Å². The molecule has 142 valence electrons. The van der Waals surface area contributed by atoms with Crippen molar-refractivity contribution >= 4 is 23.2 Å². The van der Waals surface area contributed by atoms with Crippen LogP contribution in [0.4, 0.5) is 11.4 Å². The van der Waals surface area contributed by atoms with Gasteiger partial charge in [0, 0.05) is 44.1 Å². The summed E-state index contributed by atoms with van der Waals surface area (Å²) in [6, 6.07) is 7.94. The maximum atomic E-state index is 12.6. The van der Waals surface area contributed by atoms with Gasteiger partial charge in [0.05, 0.1) is 0 Å². The normalized spacial score (nSPS) is 19.1. The molecule has 1 aromatic rings. The fourth-order valence-corrected chi connectivity index (χ4v) is 3.30. The molecule has 1 saturated carbocycles. The zero-order chi connectivity index (χ0) is 18.6. The molecular formula is C20H30N4O2. The van der Waals surface area contributed by atoms with Crippen molar-refractivity contribution in [2.75, 3.05) is 50.0 Å². The highest BCUT2D eigenvalue weighted by molar-refractivity contribution is 6.13. The molecule has 0 spiro atoms. The molecule has 0 unspecified atom stereocenters. The highest BCUT2D eigenvalue weighted by Gasteiger charge is 2.56. The molecule has 1 heterocycles. The van der Waals surface area contributed by atoms with Crippen molar-refractivity contribution in [2.24, 2.45) is 5.41 Å². The molecule has 6 heteroatoms. The third-order valence-corrected chi connectivity index (χ3v) is 5.43. The van der Waals surface area contributed by atoms with Gasteiger partial charge in [-0.25, -0.2) is 0 Å². The molecule has 2 fully saturated rings. The highest BCUT2D eigenvalue weighted by atomic mass is 16.2. The number of rotatable bonds is 7. The summed E-state index contributed by atoms with van der Waals surface area (Å²) in [4.78, 5) is 29.6. The van der Waals surface area contributed by atoms with Crippen molar-refractivity contribution in [3.05, 3.63) is 24.3 Å². The minimum Gasteiger partial charge on any atom is -0.369 e. The molecule has 0 bridgehead atoms. The van der Waals surface area contributed by atoms with Gasteiger partial charge in [0.25, 0.3) is 0 Å². The van der Waals surface area contributed by atoms with E-state index < -0.39 is 5.41 Å². The number of hydrogen-bond acceptors (Lipinski definition) is 4. The van der Waals surface area contributed by atoms with E-state index in [1.54, 1.807) is 0 Å². The number of benzene rings is 1. The number of piperazine rings is 1. The largest absolute Gasteiger partial charge is 0.369 e. The van der Waals surface area contributed by atoms with E-state index in [0.29, 0.717) is 19.4 Å². The van der Waals surface area contributed by atoms with Crippen LogP contribution in [0.25, 0.3) is 0 Å². The fourth-order valence-electron chi connectivity index (χ4n) is 3.30. The number of nitrogens with one attached hydrogen (secondary N) is 2. The molecule has 2 amide bonds. The minimum atomic E-state index is -0.857. The molecule has 6 nitrogen and oxygen atoms in total. The van der Waals surface area contributed by atoms with Crippen LogP contribution >= 0.6 is 0 Å². The summed E-state index contributed by atoms with van der Waals surface area (Å²) in [5, 5.41) is 5.83. The predicted molar refractivity (Wildman–Crippen MR) is 104 cm³/mol. The van der Waals surface area contributed by atoms with Crippen LogP contribution < -0.4 is 15.5 Å². The molecule has 0 atom stereocenters. The van der Waals surface area contributed by atoms with Crippen LogP contribution in [0.1, 0.15) is 32.6 Å². The fraction of sp³-hybridized carbons (Fsp3) is 0.600. The van der Waals surface area contributed by atoms with Crippen LogP contribution in [0.2, 0.25) is 0 Å². The van der Waals surface area contributed by atoms with E-state index in [2.05, 4.69) is 34.4 Å². The lowest BCUT2D eigenvalue weighted by atomic mass is 10.0. The summed E-state index contributed by atoms with van der Waals surface area (Å²) >= 11 is 0. The Bertz CT molecular complexity index is 632. The Morgan fingerprint density at radius 1 is 1.04 bits per heavy atom. The van der Waals surface area contributed by atoms with E-state index >= 15 is 0 Å². The number of carbonyl (C=O) groups excluding carboxylic acids is 2. The monoisotopic (exact) mass is 358 g/mol. The molecule has 2 aliphatic rings. The smallest absolute Gasteiger partial charge is 0.240 e. The first-order valence-corrected chi connectivity index (χ1v) is 9.68. The van der Waals surface area contributed by atoms with Crippen LogP contribution in [0, 0.1) is 5.41 Å². The van der Waals surface area contributed by atoms with Crippen LogP contribution in [0.5, 0.6) is 0 Å². The Balaban J connectivity index is 1.55. The molecule has 1 saturated heterocycles. The number of amides is 2. The van der Waals surface area contributed by atoms with Gasteiger partial charge in [-0.15, -0.1) is 0 Å². The Morgan fingerprint density at radius 3 is 2.27 bits per heavy atom. The molecule has 0 aromatic heterocycles. The Hall–Kier alpha value is -2.08. The first-order chi connectivity index (χ1) is 12.5. The number of likely N-dealkylation sites (N-methyl/N-ethyl adjacent to an activating group) is 1. The van der Waals surface area contributed by atoms with Gasteiger partial charge in [-0.1, -0.05) is 13.3 Å². The van der Waals surface area contributed by atoms with Gasteiger partial charge < -0.3 is 20.4 Å². The quantitative estimate of drug-likeness (QED) is 0.579. The minimum absolute atomic E-state index is 0.127. The summed E-state index contributed by atoms with van der Waals surface area (Å²) in [5.74, 6) is -0.309. The van der Waals surface area contributed by atoms with Crippen LogP contribution in [-0.4, -0.2) is 56.5 Å². The molecule has 26 heavy (non-hydrogen) atoms. The van der Waals surface area contributed by atoms with Crippen molar-refractivity contribution in [1.82, 2.24) is 10.2 Å². The molecule has 1 aliphatic carbocycles. The molecule has 1 aromatic carbocycles. The summed E-state index contributed by atoms with van der Waals surface area (Å²) < 4.78 is 0. The molecule has 0 radical (unpaired) electrons. The maximum Gasteiger partial charge on any atom is 0.240 e. The third kappa shape index (κ3) is 4.18. The van der Waals surface area contributed by atoms with Crippen LogP contribution in [-0.2, 0) is 9.59 Å². The van der Waals surface area contributed by atoms with Crippen molar-refractivity contribution in [1.29, 1.82) is 0 Å². The van der Waals surface area contributed by atoms with Gasteiger partial charge in [0.15, 0.2) is 0 Å². The molecule has 3 rings (SSSR count). The summed E-state index contributed by atoms with van der Waals surface area (Å²) in [6.07, 6.45) is 3.24. The SMILES string of the molecule is CCCCNC(=O)C1(C(=O)Nc2ccc(N3CCN(C)CC3)cc2)CC1. The number of hydrogen-bond donors (Lipinski definition) is 2. The van der Waals surface area contributed by atoms with Crippen molar-refractivity contribution in [3.63, 3.8) is 0 Å². The van der Waals surface area contributed by atoms with E-state index in [1.165, 1.54) is 5.69 Å². The van der Waals surface area contributed by atoms with Gasteiger partial charge >= 0.3 is 0 Å². The average Bonchev–Trinajstić information content (AvgIpc) is 3.45. The second-order valence-corrected chi connectivity index (χ2v) is 7.48. The first kappa shape index (κ1) is 18.7. The summed E-state index contributed by atoms with van der Waals surface area (Å²) in [7, 11) is 2.14. The third-order valence-electron chi connectivity index (χ3n) is 5.43. The Labute approximate surface area is 155 Å². The van der Waals surface area contributed by atoms with Gasteiger partial charge in [-0.05, 0) is 50.6 Å². The van der Waals surface area contributed by atoms with Gasteiger partial charge in [0.2, 0.25) is 11.8 Å². The predicted octanol–water partition coefficient (Wildman–Crippen LogP) is 2.07. The van der Waals surface area contributed by atoms with E-state index in [9.17, 15) is 9.59 Å². The van der Waals surface area contributed by atoms with Crippen molar-refractivity contribution in [2.45, 2.75) is 32.6 Å². The van der Waals surface area contributed by atoms with Crippen molar-refractivity contribution < 1.29 is 9.59 Å². The Morgan fingerprint density at radius 2 is 1.69 bits per heavy atom. The zero-order valence-corrected chi connectivity index (χ0v) is 15.9. The average molecular weight is 358 g/mol. The lowest BCUT2D eigenvalue weighted by Crippen LogP contribution is -2.44. The number of nitrogens with zero attached hydrogens (tertiary/aromatic N) is 2. The molecular weight excluding hydrogens is 328 g/mol. The van der Waals surface area contributed by atoms with Gasteiger partial charge in [-0.3, -0.25) is 9.59 Å². The van der Waals surface area contributed by atoms with Gasteiger partial charge in [0.1, 0.15) is 5.41 Å². The maximum absolute atomic E-state index is 12.6. The highest BCUT2D eigenvalue weighted by Crippen LogP contribution is 2.46. The van der Waals surface area contributed by atoms with E-state index in [-0.39, 0.29) is 11.8 Å². The van der Waals surface area contributed by atoms with E-state index in [4.69, 9.17) is 0 Å². The first-order valence-electron chi connectivity index (χ1n) is 9.68. The number of unbranched alkanes of at least 4 members (excludes halogenated alkanes) is 1. The molecule has 2 N–H and O–H groups in total. The van der Waals surface area contributed by atoms with Crippen molar-refractivity contribution in [3.8, 4) is 0 Å². The zero-order valence-electron chi connectivity index (χ0n) is 15.9. The van der Waals surface area contributed by atoms with Crippen LogP contribution in [0.3, 0.4) is 0 Å². The number of anilines is 2. The van der Waals surface area contributed by atoms with E-state index in [1.807, 2.05) is 24.3 Å². The topological polar surface area (TPSA) is 64.7 Å². The lowest BCUT2D eigenvalue weighted by molar-refractivity contribution is -0.134.